The van der Waals surface area contributed by atoms with Gasteiger partial charge in [0, 0.05) is 38.3 Å². The van der Waals surface area contributed by atoms with Gasteiger partial charge in [0.15, 0.2) is 0 Å². The summed E-state index contributed by atoms with van der Waals surface area (Å²) in [4.78, 5) is 17.2. The molecule has 0 bridgehead atoms. The predicted octanol–water partition coefficient (Wildman–Crippen LogP) is 2.67. The molecule has 1 aromatic rings. The fourth-order valence-electron chi connectivity index (χ4n) is 3.60. The first kappa shape index (κ1) is 25.6. The van der Waals surface area contributed by atoms with Gasteiger partial charge in [0.2, 0.25) is 0 Å². The van der Waals surface area contributed by atoms with Crippen molar-refractivity contribution in [3.63, 3.8) is 0 Å². The van der Waals surface area contributed by atoms with Crippen LogP contribution in [0.3, 0.4) is 0 Å². The number of carbonyl (C=O) groups is 1. The molecular weight excluding hydrogens is 396 g/mol. The van der Waals surface area contributed by atoms with Crippen LogP contribution in [-0.2, 0) is 9.47 Å². The second-order valence-electron chi connectivity index (χ2n) is 9.66. The number of hydrogen-bond acceptors (Lipinski definition) is 6. The summed E-state index contributed by atoms with van der Waals surface area (Å²) in [5.74, 6) is 1.07. The molecule has 2 rings (SSSR count). The van der Waals surface area contributed by atoms with Gasteiger partial charge in [0.05, 0.1) is 38.1 Å². The predicted molar refractivity (Wildman–Crippen MR) is 122 cm³/mol. The summed E-state index contributed by atoms with van der Waals surface area (Å²) in [7, 11) is 1.61. The smallest absolute Gasteiger partial charge is 0.253 e. The summed E-state index contributed by atoms with van der Waals surface area (Å²) in [6, 6.07) is 7.21. The zero-order valence-electron chi connectivity index (χ0n) is 20.0. The molecule has 0 aromatic heterocycles. The van der Waals surface area contributed by atoms with Crippen LogP contribution in [0, 0.1) is 5.92 Å². The monoisotopic (exact) mass is 436 g/mol. The molecule has 7 heteroatoms. The molecule has 1 aliphatic rings. The molecule has 0 saturated carbocycles. The number of methoxy groups -OCH3 is 1. The number of aliphatic hydroxyl groups is 1. The summed E-state index contributed by atoms with van der Waals surface area (Å²) in [5.41, 5.74) is 0.372. The normalized spacial score (nSPS) is 18.8. The Kier molecular flexibility index (Phi) is 9.75. The van der Waals surface area contributed by atoms with Crippen LogP contribution < -0.4 is 4.74 Å². The van der Waals surface area contributed by atoms with E-state index in [2.05, 4.69) is 18.7 Å². The summed E-state index contributed by atoms with van der Waals surface area (Å²) in [6.45, 7) is 14.2. The maximum absolute atomic E-state index is 13.2. The van der Waals surface area contributed by atoms with Crippen molar-refractivity contribution in [2.24, 2.45) is 5.92 Å². The van der Waals surface area contributed by atoms with Crippen molar-refractivity contribution >= 4 is 5.91 Å². The maximum Gasteiger partial charge on any atom is 0.253 e. The molecule has 0 spiro atoms. The van der Waals surface area contributed by atoms with Crippen LogP contribution in [0.2, 0.25) is 0 Å². The molecule has 1 aromatic carbocycles. The van der Waals surface area contributed by atoms with Crippen molar-refractivity contribution < 1.29 is 24.1 Å². The average Bonchev–Trinajstić information content (AvgIpc) is 2.71. The molecule has 1 heterocycles. The van der Waals surface area contributed by atoms with Gasteiger partial charge >= 0.3 is 0 Å². The van der Waals surface area contributed by atoms with Crippen molar-refractivity contribution in [2.45, 2.75) is 52.4 Å². The number of nitrogens with zero attached hydrogens (tertiary/aromatic N) is 2. The van der Waals surface area contributed by atoms with Gasteiger partial charge in [-0.2, -0.15) is 0 Å². The highest BCUT2D eigenvalue weighted by molar-refractivity contribution is 5.94. The molecule has 0 aliphatic carbocycles. The topological polar surface area (TPSA) is 71.5 Å². The molecule has 7 nitrogen and oxygen atoms in total. The first-order valence-electron chi connectivity index (χ1n) is 11.2. The van der Waals surface area contributed by atoms with Gasteiger partial charge < -0.3 is 24.2 Å². The SMILES string of the molecule is COc1ccc(C(=O)N(CC(C)C)CC2CN(CC(O)COC(C)(C)C)CCO2)cc1. The number of carbonyl (C=O) groups excluding carboxylic acids is 1. The summed E-state index contributed by atoms with van der Waals surface area (Å²) < 4.78 is 16.9. The Bertz CT molecular complexity index is 672. The number of aliphatic hydroxyl groups excluding tert-OH is 1. The Morgan fingerprint density at radius 1 is 1.29 bits per heavy atom. The fourth-order valence-corrected chi connectivity index (χ4v) is 3.60. The molecule has 2 atom stereocenters. The minimum absolute atomic E-state index is 0.00399. The van der Waals surface area contributed by atoms with Gasteiger partial charge in [-0.15, -0.1) is 0 Å². The third-order valence-electron chi connectivity index (χ3n) is 5.03. The Balaban J connectivity index is 1.96. The number of amides is 1. The first-order valence-corrected chi connectivity index (χ1v) is 11.2. The maximum atomic E-state index is 13.2. The third kappa shape index (κ3) is 9.15. The van der Waals surface area contributed by atoms with E-state index >= 15 is 0 Å². The number of ether oxygens (including phenoxy) is 3. The van der Waals surface area contributed by atoms with Crippen LogP contribution in [0.25, 0.3) is 0 Å². The van der Waals surface area contributed by atoms with E-state index in [9.17, 15) is 9.90 Å². The number of morpholine rings is 1. The van der Waals surface area contributed by atoms with E-state index in [1.165, 1.54) is 0 Å². The Morgan fingerprint density at radius 2 is 1.97 bits per heavy atom. The van der Waals surface area contributed by atoms with Crippen molar-refractivity contribution in [3.8, 4) is 5.75 Å². The molecule has 1 fully saturated rings. The van der Waals surface area contributed by atoms with Crippen molar-refractivity contribution in [2.75, 3.05) is 53.0 Å². The van der Waals surface area contributed by atoms with E-state index in [0.29, 0.717) is 50.9 Å². The van der Waals surface area contributed by atoms with Gasteiger partial charge in [-0.1, -0.05) is 13.8 Å². The second kappa shape index (κ2) is 11.8. The number of hydrogen-bond donors (Lipinski definition) is 1. The van der Waals surface area contributed by atoms with Crippen LogP contribution in [0.1, 0.15) is 45.0 Å². The molecular formula is C24H40N2O5. The molecule has 176 valence electrons. The summed E-state index contributed by atoms with van der Waals surface area (Å²) in [6.07, 6.45) is -0.642. The van der Waals surface area contributed by atoms with Crippen molar-refractivity contribution in [1.82, 2.24) is 9.80 Å². The summed E-state index contributed by atoms with van der Waals surface area (Å²) >= 11 is 0. The third-order valence-corrected chi connectivity index (χ3v) is 5.03. The summed E-state index contributed by atoms with van der Waals surface area (Å²) in [5, 5.41) is 10.3. The largest absolute Gasteiger partial charge is 0.497 e. The molecule has 1 aliphatic heterocycles. The van der Waals surface area contributed by atoms with Gasteiger partial charge in [-0.05, 0) is 51.0 Å². The lowest BCUT2D eigenvalue weighted by Gasteiger charge is -2.37. The van der Waals surface area contributed by atoms with E-state index in [4.69, 9.17) is 14.2 Å². The van der Waals surface area contributed by atoms with E-state index in [-0.39, 0.29) is 17.6 Å². The standard InChI is InChI=1S/C24H40N2O5/c1-18(2)13-26(23(28)19-7-9-21(29-6)10-8-19)16-22-15-25(11-12-30-22)14-20(27)17-31-24(3,4)5/h7-10,18,20,22,27H,11-17H2,1-6H3. The molecule has 1 saturated heterocycles. The lowest BCUT2D eigenvalue weighted by Crippen LogP contribution is -2.51. The van der Waals surface area contributed by atoms with Crippen LogP contribution in [0.4, 0.5) is 0 Å². The van der Waals surface area contributed by atoms with Gasteiger partial charge in [0.25, 0.3) is 5.91 Å². The number of β-amino-alcohol motifs (C(OH)–C–C–N with tert-alkyl or cyclic N) is 1. The van der Waals surface area contributed by atoms with Crippen LogP contribution in [0.15, 0.2) is 24.3 Å². The molecule has 0 radical (unpaired) electrons. The van der Waals surface area contributed by atoms with Gasteiger partial charge in [-0.25, -0.2) is 0 Å². The molecule has 1 N–H and O–H groups in total. The zero-order chi connectivity index (χ0) is 23.0. The van der Waals surface area contributed by atoms with E-state index in [1.54, 1.807) is 31.4 Å². The van der Waals surface area contributed by atoms with Crippen molar-refractivity contribution in [1.29, 1.82) is 0 Å². The fraction of sp³-hybridized carbons (Fsp3) is 0.708. The first-order chi connectivity index (χ1) is 14.6. The highest BCUT2D eigenvalue weighted by Gasteiger charge is 2.27. The quantitative estimate of drug-likeness (QED) is 0.608. The number of rotatable bonds is 10. The van der Waals surface area contributed by atoms with E-state index < -0.39 is 6.10 Å². The molecule has 2 unspecified atom stereocenters. The average molecular weight is 437 g/mol. The van der Waals surface area contributed by atoms with Crippen molar-refractivity contribution in [3.05, 3.63) is 29.8 Å². The van der Waals surface area contributed by atoms with Crippen LogP contribution >= 0.6 is 0 Å². The Morgan fingerprint density at radius 3 is 2.55 bits per heavy atom. The van der Waals surface area contributed by atoms with E-state index in [0.717, 1.165) is 12.3 Å². The Hall–Kier alpha value is -1.67. The van der Waals surface area contributed by atoms with Gasteiger partial charge in [-0.3, -0.25) is 9.69 Å². The second-order valence-corrected chi connectivity index (χ2v) is 9.66. The van der Waals surface area contributed by atoms with Crippen LogP contribution in [-0.4, -0.2) is 91.7 Å². The highest BCUT2D eigenvalue weighted by atomic mass is 16.5. The lowest BCUT2D eigenvalue weighted by molar-refractivity contribution is -0.0783. The van der Waals surface area contributed by atoms with E-state index in [1.807, 2.05) is 25.7 Å². The minimum atomic E-state index is -0.550. The highest BCUT2D eigenvalue weighted by Crippen LogP contribution is 2.16. The lowest BCUT2D eigenvalue weighted by atomic mass is 10.1. The molecule has 31 heavy (non-hydrogen) atoms. The minimum Gasteiger partial charge on any atom is -0.497 e. The van der Waals surface area contributed by atoms with Crippen LogP contribution in [0.5, 0.6) is 5.75 Å². The Labute approximate surface area is 187 Å². The zero-order valence-corrected chi connectivity index (χ0v) is 20.0. The molecule has 1 amide bonds. The number of benzene rings is 1. The van der Waals surface area contributed by atoms with Gasteiger partial charge in [0.1, 0.15) is 5.75 Å².